The average Bonchev–Trinajstić information content (AvgIpc) is 3.13. The van der Waals surface area contributed by atoms with Gasteiger partial charge in [-0.05, 0) is 38.1 Å². The number of amides is 1. The van der Waals surface area contributed by atoms with Gasteiger partial charge in [-0.25, -0.2) is 9.98 Å². The molecule has 186 valence electrons. The van der Waals surface area contributed by atoms with Gasteiger partial charge in [-0.15, -0.1) is 0 Å². The number of pyridine rings is 1. The molecule has 1 atom stereocenters. The minimum atomic E-state index is -4.48. The van der Waals surface area contributed by atoms with Crippen LogP contribution in [0.2, 0.25) is 0 Å². The van der Waals surface area contributed by atoms with Gasteiger partial charge in [0, 0.05) is 23.5 Å². The van der Waals surface area contributed by atoms with E-state index < -0.39 is 35.2 Å². The Morgan fingerprint density at radius 2 is 1.97 bits per heavy atom. The number of nitrogens with two attached hydrogens (primary N) is 1. The summed E-state index contributed by atoms with van der Waals surface area (Å²) in [5, 5.41) is 2.78. The van der Waals surface area contributed by atoms with Crippen LogP contribution in [-0.2, 0) is 15.0 Å². The Labute approximate surface area is 198 Å². The lowest BCUT2D eigenvalue weighted by Gasteiger charge is -2.61. The Morgan fingerprint density at radius 1 is 1.20 bits per heavy atom. The second kappa shape index (κ2) is 7.74. The number of alkyl halides is 3. The van der Waals surface area contributed by atoms with Crippen LogP contribution < -0.4 is 20.5 Å². The minimum absolute atomic E-state index is 0.0771. The van der Waals surface area contributed by atoms with Crippen LogP contribution in [0.3, 0.4) is 0 Å². The Balaban J connectivity index is 1.41. The van der Waals surface area contributed by atoms with Gasteiger partial charge in [-0.3, -0.25) is 4.79 Å². The van der Waals surface area contributed by atoms with Crippen molar-refractivity contribution in [3.8, 4) is 11.6 Å². The maximum Gasteiger partial charge on any atom is 0.422 e. The van der Waals surface area contributed by atoms with E-state index in [0.717, 1.165) is 6.20 Å². The molecule has 12 heteroatoms. The number of benzene rings is 1. The largest absolute Gasteiger partial charge is 0.487 e. The van der Waals surface area contributed by atoms with Crippen molar-refractivity contribution in [3.63, 3.8) is 0 Å². The molecule has 1 fully saturated rings. The lowest BCUT2D eigenvalue weighted by Crippen LogP contribution is -2.71. The topological polar surface area (TPSA) is 117 Å². The van der Waals surface area contributed by atoms with E-state index in [1.54, 1.807) is 18.2 Å². The molecule has 1 saturated heterocycles. The molecule has 0 aliphatic carbocycles. The zero-order chi connectivity index (χ0) is 25.1. The fourth-order valence-corrected chi connectivity index (χ4v) is 4.81. The van der Waals surface area contributed by atoms with Gasteiger partial charge in [0.25, 0.3) is 11.9 Å². The van der Waals surface area contributed by atoms with Gasteiger partial charge in [0.1, 0.15) is 23.5 Å². The van der Waals surface area contributed by atoms with E-state index in [2.05, 4.69) is 15.0 Å². The monoisotopic (exact) mass is 492 g/mol. The third-order valence-corrected chi connectivity index (χ3v) is 6.80. The molecule has 2 aromatic rings. The molecule has 35 heavy (non-hydrogen) atoms. The van der Waals surface area contributed by atoms with Crippen LogP contribution >= 0.6 is 0 Å². The van der Waals surface area contributed by atoms with E-state index in [1.807, 2.05) is 13.8 Å². The molecular weight excluding hydrogens is 469 g/mol. The lowest BCUT2D eigenvalue weighted by atomic mass is 9.55. The SMILES string of the molecule is CC1(C)Oc2ccc(NC(=O)c3ccc(OCC(F)(F)F)nc3)cc2C2(COC(N)=N2)C12COC2. The van der Waals surface area contributed by atoms with Gasteiger partial charge in [0.2, 0.25) is 5.88 Å². The third kappa shape index (κ3) is 3.72. The number of halogens is 3. The highest BCUT2D eigenvalue weighted by Gasteiger charge is 2.71. The molecule has 1 unspecified atom stereocenters. The number of fused-ring (bicyclic) bond motifs is 3. The zero-order valence-corrected chi connectivity index (χ0v) is 18.9. The Hall–Kier alpha value is -3.54. The number of hydrogen-bond acceptors (Lipinski definition) is 8. The van der Waals surface area contributed by atoms with E-state index in [4.69, 9.17) is 24.9 Å². The Morgan fingerprint density at radius 3 is 2.54 bits per heavy atom. The van der Waals surface area contributed by atoms with Crippen LogP contribution in [0.25, 0.3) is 0 Å². The van der Waals surface area contributed by atoms with Crippen LogP contribution in [-0.4, -0.2) is 55.1 Å². The highest BCUT2D eigenvalue weighted by Crippen LogP contribution is 2.62. The smallest absolute Gasteiger partial charge is 0.422 e. The first-order chi connectivity index (χ1) is 16.4. The Kier molecular flexibility index (Phi) is 5.13. The molecule has 5 rings (SSSR count). The first-order valence-corrected chi connectivity index (χ1v) is 10.8. The van der Waals surface area contributed by atoms with Crippen molar-refractivity contribution in [3.05, 3.63) is 47.7 Å². The molecule has 3 aliphatic heterocycles. The number of anilines is 1. The van der Waals surface area contributed by atoms with Crippen molar-refractivity contribution in [1.29, 1.82) is 0 Å². The normalized spacial score (nSPS) is 23.5. The summed E-state index contributed by atoms with van der Waals surface area (Å²) in [6, 6.07) is 7.81. The number of carbonyl (C=O) groups excluding carboxylic acids is 1. The van der Waals surface area contributed by atoms with Gasteiger partial charge in [-0.1, -0.05) is 0 Å². The maximum absolute atomic E-state index is 12.8. The molecule has 0 radical (unpaired) electrons. The Bertz CT molecular complexity index is 1190. The molecule has 9 nitrogen and oxygen atoms in total. The van der Waals surface area contributed by atoms with Gasteiger partial charge in [-0.2, -0.15) is 13.2 Å². The number of rotatable bonds is 4. The van der Waals surface area contributed by atoms with Gasteiger partial charge in [0.05, 0.1) is 24.2 Å². The minimum Gasteiger partial charge on any atom is -0.487 e. The summed E-state index contributed by atoms with van der Waals surface area (Å²) in [4.78, 5) is 21.3. The van der Waals surface area contributed by atoms with Crippen molar-refractivity contribution in [2.24, 2.45) is 16.1 Å². The number of hydrogen-bond donors (Lipinski definition) is 2. The first kappa shape index (κ1) is 23.2. The van der Waals surface area contributed by atoms with Crippen LogP contribution in [0.4, 0.5) is 18.9 Å². The van der Waals surface area contributed by atoms with Gasteiger partial charge in [0.15, 0.2) is 6.61 Å². The molecule has 3 aliphatic rings. The summed E-state index contributed by atoms with van der Waals surface area (Å²) in [6.07, 6.45) is -3.34. The quantitative estimate of drug-likeness (QED) is 0.674. The molecule has 1 aromatic carbocycles. The molecule has 0 saturated carbocycles. The number of aromatic nitrogens is 1. The van der Waals surface area contributed by atoms with Crippen molar-refractivity contribution < 1.29 is 36.9 Å². The van der Waals surface area contributed by atoms with Crippen LogP contribution in [0.1, 0.15) is 29.8 Å². The number of nitrogens with one attached hydrogen (secondary N) is 1. The molecule has 1 aromatic heterocycles. The summed E-state index contributed by atoms with van der Waals surface area (Å²) in [5.74, 6) is -0.141. The van der Waals surface area contributed by atoms with Crippen molar-refractivity contribution in [2.45, 2.75) is 31.2 Å². The highest BCUT2D eigenvalue weighted by atomic mass is 19.4. The van der Waals surface area contributed by atoms with Gasteiger partial charge < -0.3 is 30.0 Å². The standard InChI is InChI=1S/C23H23F3N4O5/c1-20(2)21(9-32-10-21)22(11-34-19(27)30-22)15-7-14(4-5-16(15)35-20)29-18(31)13-3-6-17(28-8-13)33-12-23(24,25)26/h3-8H,9-12H2,1-2H3,(H2,27,30)(H,29,31). The first-order valence-electron chi connectivity index (χ1n) is 10.8. The summed E-state index contributed by atoms with van der Waals surface area (Å²) in [7, 11) is 0. The van der Waals surface area contributed by atoms with Crippen LogP contribution in [0.5, 0.6) is 11.6 Å². The number of nitrogens with zero attached hydrogens (tertiary/aromatic N) is 2. The average molecular weight is 492 g/mol. The molecule has 2 spiro atoms. The molecule has 4 heterocycles. The number of ether oxygens (including phenoxy) is 4. The fourth-order valence-electron chi connectivity index (χ4n) is 4.81. The van der Waals surface area contributed by atoms with E-state index >= 15 is 0 Å². The highest BCUT2D eigenvalue weighted by molar-refractivity contribution is 6.04. The summed E-state index contributed by atoms with van der Waals surface area (Å²) in [5.41, 5.74) is 5.26. The second-order valence-corrected chi connectivity index (χ2v) is 9.24. The maximum atomic E-state index is 12.8. The second-order valence-electron chi connectivity index (χ2n) is 9.24. The van der Waals surface area contributed by atoms with Crippen molar-refractivity contribution >= 4 is 17.6 Å². The predicted octanol–water partition coefficient (Wildman–Crippen LogP) is 3.00. The van der Waals surface area contributed by atoms with E-state index in [0.29, 0.717) is 30.2 Å². The number of amidine groups is 1. The van der Waals surface area contributed by atoms with E-state index in [1.165, 1.54) is 12.1 Å². The number of aliphatic imine (C=N–C) groups is 1. The predicted molar refractivity (Wildman–Crippen MR) is 117 cm³/mol. The zero-order valence-electron chi connectivity index (χ0n) is 18.9. The van der Waals surface area contributed by atoms with E-state index in [-0.39, 0.29) is 24.1 Å². The molecule has 1 amide bonds. The third-order valence-electron chi connectivity index (χ3n) is 6.80. The van der Waals surface area contributed by atoms with Crippen LogP contribution in [0, 0.1) is 5.41 Å². The summed E-state index contributed by atoms with van der Waals surface area (Å²) in [6.45, 7) is 3.52. The van der Waals surface area contributed by atoms with Gasteiger partial charge >= 0.3 is 6.18 Å². The van der Waals surface area contributed by atoms with E-state index in [9.17, 15) is 18.0 Å². The molecular formula is C23H23F3N4O5. The molecule has 3 N–H and O–H groups in total. The van der Waals surface area contributed by atoms with Crippen molar-refractivity contribution in [2.75, 3.05) is 31.7 Å². The van der Waals surface area contributed by atoms with Crippen molar-refractivity contribution in [1.82, 2.24) is 4.98 Å². The molecule has 0 bridgehead atoms. The summed E-state index contributed by atoms with van der Waals surface area (Å²) < 4.78 is 59.0. The lowest BCUT2D eigenvalue weighted by molar-refractivity contribution is -0.247. The van der Waals surface area contributed by atoms with Crippen LogP contribution in [0.15, 0.2) is 41.5 Å². The number of carbonyl (C=O) groups is 1. The fraction of sp³-hybridized carbons (Fsp3) is 0.435. The summed E-state index contributed by atoms with van der Waals surface area (Å²) >= 11 is 0.